The Morgan fingerprint density at radius 1 is 1.42 bits per heavy atom. The molecular weight excluding hydrogens is 280 g/mol. The van der Waals surface area contributed by atoms with Crippen LogP contribution < -0.4 is 10.5 Å². The Hall–Kier alpha value is -0.560. The SMILES string of the molecule is CSCCC(C)NS(=O)(=O)c1cc(CN)ccc1C. The fraction of sp³-hybridized carbons (Fsp3) is 0.538. The Bertz CT molecular complexity index is 515. The van der Waals surface area contributed by atoms with Crippen molar-refractivity contribution < 1.29 is 8.42 Å². The molecule has 19 heavy (non-hydrogen) atoms. The van der Waals surface area contributed by atoms with Gasteiger partial charge in [-0.2, -0.15) is 11.8 Å². The summed E-state index contributed by atoms with van der Waals surface area (Å²) in [6.07, 6.45) is 2.83. The van der Waals surface area contributed by atoms with Gasteiger partial charge in [-0.05, 0) is 49.5 Å². The van der Waals surface area contributed by atoms with Crippen LogP contribution in [0.2, 0.25) is 0 Å². The van der Waals surface area contributed by atoms with Crippen molar-refractivity contribution in [3.05, 3.63) is 29.3 Å². The van der Waals surface area contributed by atoms with Gasteiger partial charge in [-0.25, -0.2) is 13.1 Å². The molecule has 1 aromatic rings. The van der Waals surface area contributed by atoms with Crippen LogP contribution in [0.25, 0.3) is 0 Å². The lowest BCUT2D eigenvalue weighted by Crippen LogP contribution is -2.33. The van der Waals surface area contributed by atoms with Gasteiger partial charge in [0.15, 0.2) is 0 Å². The molecule has 0 bridgehead atoms. The highest BCUT2D eigenvalue weighted by Crippen LogP contribution is 2.17. The molecule has 3 N–H and O–H groups in total. The van der Waals surface area contributed by atoms with Crippen LogP contribution >= 0.6 is 11.8 Å². The maximum absolute atomic E-state index is 12.3. The minimum absolute atomic E-state index is 0.0709. The summed E-state index contributed by atoms with van der Waals surface area (Å²) in [5.41, 5.74) is 7.12. The third-order valence-electron chi connectivity index (χ3n) is 2.89. The van der Waals surface area contributed by atoms with Gasteiger partial charge in [-0.15, -0.1) is 0 Å². The molecule has 0 heterocycles. The molecule has 0 aliphatic carbocycles. The Labute approximate surface area is 120 Å². The van der Waals surface area contributed by atoms with E-state index in [9.17, 15) is 8.42 Å². The highest BCUT2D eigenvalue weighted by atomic mass is 32.2. The number of sulfonamides is 1. The predicted octanol–water partition coefficient (Wildman–Crippen LogP) is 1.87. The lowest BCUT2D eigenvalue weighted by molar-refractivity contribution is 0.556. The average molecular weight is 302 g/mol. The number of nitrogens with one attached hydrogen (secondary N) is 1. The maximum atomic E-state index is 12.3. The first-order chi connectivity index (χ1) is 8.90. The molecule has 0 spiro atoms. The van der Waals surface area contributed by atoms with E-state index >= 15 is 0 Å². The van der Waals surface area contributed by atoms with E-state index in [1.165, 1.54) is 0 Å². The second kappa shape index (κ2) is 7.28. The number of thioether (sulfide) groups is 1. The zero-order valence-corrected chi connectivity index (χ0v) is 13.3. The van der Waals surface area contributed by atoms with Crippen molar-refractivity contribution in [3.63, 3.8) is 0 Å². The van der Waals surface area contributed by atoms with Crippen molar-refractivity contribution >= 4 is 21.8 Å². The van der Waals surface area contributed by atoms with Gasteiger partial charge in [-0.1, -0.05) is 12.1 Å². The molecule has 0 fully saturated rings. The molecule has 1 atom stereocenters. The molecule has 0 amide bonds. The highest BCUT2D eigenvalue weighted by molar-refractivity contribution is 7.98. The molecule has 4 nitrogen and oxygen atoms in total. The third kappa shape index (κ3) is 4.80. The summed E-state index contributed by atoms with van der Waals surface area (Å²) >= 11 is 1.71. The molecule has 1 rings (SSSR count). The monoisotopic (exact) mass is 302 g/mol. The quantitative estimate of drug-likeness (QED) is 0.806. The second-order valence-corrected chi connectivity index (χ2v) is 7.28. The van der Waals surface area contributed by atoms with E-state index in [0.29, 0.717) is 11.4 Å². The largest absolute Gasteiger partial charge is 0.326 e. The summed E-state index contributed by atoms with van der Waals surface area (Å²) in [6.45, 7) is 4.02. The number of benzene rings is 1. The van der Waals surface area contributed by atoms with E-state index in [-0.39, 0.29) is 6.04 Å². The molecule has 0 radical (unpaired) electrons. The van der Waals surface area contributed by atoms with E-state index in [4.69, 9.17) is 5.73 Å². The summed E-state index contributed by atoms with van der Waals surface area (Å²) < 4.78 is 27.4. The molecule has 0 saturated heterocycles. The molecular formula is C13H22N2O2S2. The summed E-state index contributed by atoms with van der Waals surface area (Å²) in [7, 11) is -3.47. The van der Waals surface area contributed by atoms with Crippen molar-refractivity contribution in [2.45, 2.75) is 37.8 Å². The first kappa shape index (κ1) is 16.5. The lowest BCUT2D eigenvalue weighted by atomic mass is 10.1. The molecule has 108 valence electrons. The number of rotatable bonds is 7. The van der Waals surface area contributed by atoms with Crippen molar-refractivity contribution in [2.24, 2.45) is 5.73 Å². The first-order valence-corrected chi connectivity index (χ1v) is 9.09. The fourth-order valence-corrected chi connectivity index (χ4v) is 3.91. The number of nitrogens with two attached hydrogens (primary N) is 1. The lowest BCUT2D eigenvalue weighted by Gasteiger charge is -2.15. The van der Waals surface area contributed by atoms with Gasteiger partial charge in [0.25, 0.3) is 0 Å². The summed E-state index contributed by atoms with van der Waals surface area (Å²) in [6, 6.07) is 5.23. The maximum Gasteiger partial charge on any atom is 0.241 e. The van der Waals surface area contributed by atoms with Crippen LogP contribution in [0, 0.1) is 6.92 Å². The normalized spacial score (nSPS) is 13.5. The van der Waals surface area contributed by atoms with Crippen molar-refractivity contribution in [1.82, 2.24) is 4.72 Å². The van der Waals surface area contributed by atoms with Crippen LogP contribution in [0.1, 0.15) is 24.5 Å². The van der Waals surface area contributed by atoms with Gasteiger partial charge < -0.3 is 5.73 Å². The van der Waals surface area contributed by atoms with Gasteiger partial charge in [0.05, 0.1) is 4.90 Å². The predicted molar refractivity (Wildman–Crippen MR) is 81.9 cm³/mol. The molecule has 0 saturated carbocycles. The average Bonchev–Trinajstić information content (AvgIpc) is 2.36. The van der Waals surface area contributed by atoms with Crippen molar-refractivity contribution in [1.29, 1.82) is 0 Å². The van der Waals surface area contributed by atoms with Gasteiger partial charge in [0.2, 0.25) is 10.0 Å². The number of aryl methyl sites for hydroxylation is 1. The second-order valence-electron chi connectivity index (χ2n) is 4.61. The summed E-state index contributed by atoms with van der Waals surface area (Å²) in [5, 5.41) is 0. The first-order valence-electron chi connectivity index (χ1n) is 6.21. The van der Waals surface area contributed by atoms with E-state index in [2.05, 4.69) is 4.72 Å². The molecule has 6 heteroatoms. The van der Waals surface area contributed by atoms with Crippen LogP contribution in [-0.2, 0) is 16.6 Å². The summed E-state index contributed by atoms with van der Waals surface area (Å²) in [4.78, 5) is 0.325. The van der Waals surface area contributed by atoms with E-state index < -0.39 is 10.0 Å². The Kier molecular flexibility index (Phi) is 6.32. The van der Waals surface area contributed by atoms with Gasteiger partial charge in [0, 0.05) is 12.6 Å². The fourth-order valence-electron chi connectivity index (χ4n) is 1.74. The topological polar surface area (TPSA) is 72.2 Å². The van der Waals surface area contributed by atoms with E-state index in [1.54, 1.807) is 30.8 Å². The molecule has 0 aliphatic rings. The van der Waals surface area contributed by atoms with Crippen LogP contribution in [0.3, 0.4) is 0 Å². The smallest absolute Gasteiger partial charge is 0.241 e. The minimum atomic E-state index is -3.47. The van der Waals surface area contributed by atoms with Gasteiger partial charge in [0.1, 0.15) is 0 Å². The third-order valence-corrected chi connectivity index (χ3v) is 5.26. The van der Waals surface area contributed by atoms with Crippen molar-refractivity contribution in [2.75, 3.05) is 12.0 Å². The molecule has 0 aliphatic heterocycles. The van der Waals surface area contributed by atoms with Crippen LogP contribution in [0.5, 0.6) is 0 Å². The minimum Gasteiger partial charge on any atom is -0.326 e. The Morgan fingerprint density at radius 2 is 2.11 bits per heavy atom. The van der Waals surface area contributed by atoms with E-state index in [0.717, 1.165) is 23.3 Å². The van der Waals surface area contributed by atoms with E-state index in [1.807, 2.05) is 19.2 Å². The number of hydrogen-bond acceptors (Lipinski definition) is 4. The van der Waals surface area contributed by atoms with Crippen LogP contribution in [0.4, 0.5) is 0 Å². The van der Waals surface area contributed by atoms with Crippen molar-refractivity contribution in [3.8, 4) is 0 Å². The zero-order valence-electron chi connectivity index (χ0n) is 11.6. The standard InChI is InChI=1S/C13H22N2O2S2/c1-10-4-5-12(9-14)8-13(10)19(16,17)15-11(2)6-7-18-3/h4-5,8,11,15H,6-7,9,14H2,1-3H3. The van der Waals surface area contributed by atoms with Crippen LogP contribution in [0.15, 0.2) is 23.1 Å². The van der Waals surface area contributed by atoms with Crippen LogP contribution in [-0.4, -0.2) is 26.5 Å². The van der Waals surface area contributed by atoms with Gasteiger partial charge in [-0.3, -0.25) is 0 Å². The number of hydrogen-bond donors (Lipinski definition) is 2. The molecule has 0 aromatic heterocycles. The Morgan fingerprint density at radius 3 is 2.68 bits per heavy atom. The van der Waals surface area contributed by atoms with Gasteiger partial charge >= 0.3 is 0 Å². The highest BCUT2D eigenvalue weighted by Gasteiger charge is 2.19. The zero-order chi connectivity index (χ0) is 14.5. The summed E-state index contributed by atoms with van der Waals surface area (Å²) in [5.74, 6) is 0.936. The molecule has 1 unspecified atom stereocenters. The molecule has 1 aromatic carbocycles. The Balaban J connectivity index is 2.93.